The Labute approximate surface area is 130 Å². The van der Waals surface area contributed by atoms with Crippen molar-refractivity contribution in [3.8, 4) is 0 Å². The van der Waals surface area contributed by atoms with Crippen molar-refractivity contribution in [1.82, 2.24) is 9.97 Å². The first-order chi connectivity index (χ1) is 10.1. The van der Waals surface area contributed by atoms with Gasteiger partial charge in [-0.05, 0) is 6.92 Å². The topological polar surface area (TPSA) is 81.2 Å². The molecule has 0 saturated carbocycles. The number of carbonyl (C=O) groups excluding carboxylic acids is 2. The summed E-state index contributed by atoms with van der Waals surface area (Å²) < 4.78 is 4.91. The number of esters is 1. The van der Waals surface area contributed by atoms with Gasteiger partial charge < -0.3 is 10.1 Å². The van der Waals surface area contributed by atoms with Crippen LogP contribution in [0.4, 0.5) is 5.13 Å². The van der Waals surface area contributed by atoms with E-state index in [0.717, 1.165) is 11.4 Å². The molecule has 2 aromatic heterocycles. The standard InChI is InChI=1S/C13H15N3O3S2/c1-3-19-12(18)10-11(8(2)17)21-13(16-10)15-5-4-9-14-6-7-20-9/h6-7H,3-5H2,1-2H3,(H,15,16). The van der Waals surface area contributed by atoms with Crippen LogP contribution in [0.15, 0.2) is 11.6 Å². The summed E-state index contributed by atoms with van der Waals surface area (Å²) in [5.41, 5.74) is 0.0890. The van der Waals surface area contributed by atoms with Crippen LogP contribution in [0.1, 0.15) is 39.0 Å². The Morgan fingerprint density at radius 3 is 2.86 bits per heavy atom. The molecule has 0 radical (unpaired) electrons. The Hall–Kier alpha value is -1.80. The molecule has 0 spiro atoms. The smallest absolute Gasteiger partial charge is 0.358 e. The summed E-state index contributed by atoms with van der Waals surface area (Å²) in [5, 5.41) is 6.60. The molecule has 0 bridgehead atoms. The highest BCUT2D eigenvalue weighted by molar-refractivity contribution is 7.17. The van der Waals surface area contributed by atoms with E-state index in [1.165, 1.54) is 18.3 Å². The summed E-state index contributed by atoms with van der Waals surface area (Å²) >= 11 is 2.76. The van der Waals surface area contributed by atoms with Gasteiger partial charge in [-0.3, -0.25) is 4.79 Å². The largest absolute Gasteiger partial charge is 0.461 e. The Morgan fingerprint density at radius 2 is 2.24 bits per heavy atom. The molecule has 21 heavy (non-hydrogen) atoms. The van der Waals surface area contributed by atoms with Crippen molar-refractivity contribution in [3.63, 3.8) is 0 Å². The number of nitrogens with zero attached hydrogens (tertiary/aromatic N) is 2. The lowest BCUT2D eigenvalue weighted by molar-refractivity contribution is 0.0517. The fourth-order valence-corrected chi connectivity index (χ4v) is 3.12. The first-order valence-electron chi connectivity index (χ1n) is 6.43. The van der Waals surface area contributed by atoms with Crippen molar-refractivity contribution in [2.45, 2.75) is 20.3 Å². The van der Waals surface area contributed by atoms with Crippen LogP contribution in [-0.4, -0.2) is 34.9 Å². The highest BCUT2D eigenvalue weighted by Crippen LogP contribution is 2.24. The van der Waals surface area contributed by atoms with Crippen LogP contribution in [0.5, 0.6) is 0 Å². The average molecular weight is 325 g/mol. The second-order valence-corrected chi connectivity index (χ2v) is 6.05. The van der Waals surface area contributed by atoms with E-state index in [4.69, 9.17) is 4.74 Å². The van der Waals surface area contributed by atoms with Gasteiger partial charge in [-0.15, -0.1) is 11.3 Å². The van der Waals surface area contributed by atoms with E-state index in [1.807, 2.05) is 5.38 Å². The molecular weight excluding hydrogens is 310 g/mol. The molecule has 0 atom stereocenters. The van der Waals surface area contributed by atoms with Crippen LogP contribution < -0.4 is 5.32 Å². The van der Waals surface area contributed by atoms with E-state index in [1.54, 1.807) is 24.5 Å². The summed E-state index contributed by atoms with van der Waals surface area (Å²) in [6.07, 6.45) is 2.53. The van der Waals surface area contributed by atoms with Gasteiger partial charge in [0.1, 0.15) is 4.88 Å². The fourth-order valence-electron chi connectivity index (χ4n) is 1.62. The van der Waals surface area contributed by atoms with Crippen LogP contribution in [0.25, 0.3) is 0 Å². The molecule has 112 valence electrons. The van der Waals surface area contributed by atoms with Crippen LogP contribution >= 0.6 is 22.7 Å². The summed E-state index contributed by atoms with van der Waals surface area (Å²) in [4.78, 5) is 32.0. The van der Waals surface area contributed by atoms with Crippen molar-refractivity contribution in [1.29, 1.82) is 0 Å². The number of carbonyl (C=O) groups is 2. The van der Waals surface area contributed by atoms with Crippen molar-refractivity contribution >= 4 is 39.6 Å². The number of nitrogens with one attached hydrogen (secondary N) is 1. The third-order valence-electron chi connectivity index (χ3n) is 2.51. The zero-order valence-electron chi connectivity index (χ0n) is 11.7. The van der Waals surface area contributed by atoms with Gasteiger partial charge >= 0.3 is 5.97 Å². The van der Waals surface area contributed by atoms with Gasteiger partial charge in [-0.25, -0.2) is 14.8 Å². The second kappa shape index (κ2) is 7.28. The van der Waals surface area contributed by atoms with E-state index in [9.17, 15) is 9.59 Å². The van der Waals surface area contributed by atoms with E-state index >= 15 is 0 Å². The van der Waals surface area contributed by atoms with E-state index in [2.05, 4.69) is 15.3 Å². The Morgan fingerprint density at radius 1 is 1.43 bits per heavy atom. The third kappa shape index (κ3) is 4.08. The molecule has 2 aromatic rings. The number of Topliss-reactive ketones (excluding diaryl/α,β-unsaturated/α-hetero) is 1. The summed E-state index contributed by atoms with van der Waals surface area (Å²) in [7, 11) is 0. The van der Waals surface area contributed by atoms with Crippen LogP contribution in [0.3, 0.4) is 0 Å². The minimum atomic E-state index is -0.563. The van der Waals surface area contributed by atoms with Crippen LogP contribution in [-0.2, 0) is 11.2 Å². The monoisotopic (exact) mass is 325 g/mol. The zero-order valence-corrected chi connectivity index (χ0v) is 13.3. The maximum atomic E-state index is 11.8. The lowest BCUT2D eigenvalue weighted by atomic mass is 10.3. The number of ether oxygens (including phenoxy) is 1. The van der Waals surface area contributed by atoms with Crippen LogP contribution in [0.2, 0.25) is 0 Å². The quantitative estimate of drug-likeness (QED) is 0.622. The summed E-state index contributed by atoms with van der Waals surface area (Å²) in [6, 6.07) is 0. The number of hydrogen-bond acceptors (Lipinski definition) is 8. The molecule has 0 aliphatic rings. The molecular formula is C13H15N3O3S2. The molecule has 0 fully saturated rings. The lowest BCUT2D eigenvalue weighted by Crippen LogP contribution is -2.10. The van der Waals surface area contributed by atoms with Crippen LogP contribution in [0, 0.1) is 0 Å². The number of hydrogen-bond donors (Lipinski definition) is 1. The SMILES string of the molecule is CCOC(=O)c1nc(NCCc2nccs2)sc1C(C)=O. The minimum absolute atomic E-state index is 0.0890. The summed E-state index contributed by atoms with van der Waals surface area (Å²) in [6.45, 7) is 4.02. The molecule has 0 amide bonds. The Bertz CT molecular complexity index is 623. The molecule has 2 heterocycles. The Kier molecular flexibility index (Phi) is 5.40. The highest BCUT2D eigenvalue weighted by Gasteiger charge is 2.22. The van der Waals surface area contributed by atoms with Gasteiger partial charge in [0.05, 0.1) is 11.6 Å². The van der Waals surface area contributed by atoms with Crippen molar-refractivity contribution in [2.24, 2.45) is 0 Å². The fraction of sp³-hybridized carbons (Fsp3) is 0.385. The van der Waals surface area contributed by atoms with E-state index < -0.39 is 5.97 Å². The van der Waals surface area contributed by atoms with Crippen molar-refractivity contribution < 1.29 is 14.3 Å². The maximum absolute atomic E-state index is 11.8. The zero-order chi connectivity index (χ0) is 15.2. The highest BCUT2D eigenvalue weighted by atomic mass is 32.1. The van der Waals surface area contributed by atoms with E-state index in [0.29, 0.717) is 16.6 Å². The Balaban J connectivity index is 2.04. The summed E-state index contributed by atoms with van der Waals surface area (Å²) in [5.74, 6) is -0.754. The van der Waals surface area contributed by atoms with Crippen molar-refractivity contribution in [2.75, 3.05) is 18.5 Å². The molecule has 0 aliphatic carbocycles. The number of aromatic nitrogens is 2. The minimum Gasteiger partial charge on any atom is -0.461 e. The number of rotatable bonds is 7. The number of ketones is 1. The molecule has 8 heteroatoms. The van der Waals surface area contributed by atoms with Crippen molar-refractivity contribution in [3.05, 3.63) is 27.2 Å². The van der Waals surface area contributed by atoms with E-state index in [-0.39, 0.29) is 18.1 Å². The molecule has 0 aromatic carbocycles. The second-order valence-electron chi connectivity index (χ2n) is 4.08. The molecule has 1 N–H and O–H groups in total. The average Bonchev–Trinajstić information content (AvgIpc) is 3.08. The van der Waals surface area contributed by atoms with Gasteiger partial charge in [0.2, 0.25) is 0 Å². The van der Waals surface area contributed by atoms with Gasteiger partial charge in [-0.2, -0.15) is 0 Å². The third-order valence-corrected chi connectivity index (χ3v) is 4.47. The predicted molar refractivity (Wildman–Crippen MR) is 82.4 cm³/mol. The first-order valence-corrected chi connectivity index (χ1v) is 8.12. The normalized spacial score (nSPS) is 10.4. The molecule has 0 saturated heterocycles. The molecule has 0 aliphatic heterocycles. The lowest BCUT2D eigenvalue weighted by Gasteiger charge is -2.00. The predicted octanol–water partition coefficient (Wildman–Crippen LogP) is 2.63. The van der Waals surface area contributed by atoms with Gasteiger partial charge in [0.15, 0.2) is 16.6 Å². The molecule has 0 unspecified atom stereocenters. The molecule has 2 rings (SSSR count). The number of anilines is 1. The maximum Gasteiger partial charge on any atom is 0.358 e. The first kappa shape index (κ1) is 15.6. The van der Waals surface area contributed by atoms with Gasteiger partial charge in [0.25, 0.3) is 0 Å². The molecule has 6 nitrogen and oxygen atoms in total. The van der Waals surface area contributed by atoms with Gasteiger partial charge in [0, 0.05) is 31.5 Å². The number of thiazole rings is 2. The van der Waals surface area contributed by atoms with Gasteiger partial charge in [-0.1, -0.05) is 11.3 Å².